The molecule has 0 fully saturated rings. The summed E-state index contributed by atoms with van der Waals surface area (Å²) in [6.07, 6.45) is 2.84. The Bertz CT molecular complexity index is 704. The maximum atomic E-state index is 12.1. The van der Waals surface area contributed by atoms with Crippen LogP contribution in [0.2, 0.25) is 10.0 Å². The molecule has 7 heteroatoms. The second-order valence-electron chi connectivity index (χ2n) is 4.00. The first-order valence-corrected chi connectivity index (χ1v) is 6.57. The van der Waals surface area contributed by atoms with Gasteiger partial charge in [0.1, 0.15) is 0 Å². The second-order valence-corrected chi connectivity index (χ2v) is 4.81. The molecule has 0 saturated heterocycles. The van der Waals surface area contributed by atoms with Crippen molar-refractivity contribution in [1.82, 2.24) is 4.98 Å². The lowest BCUT2D eigenvalue weighted by atomic mass is 10.2. The molecular formula is C14H10Cl2N2O3. The molecule has 1 aromatic carbocycles. The Hall–Kier alpha value is -2.11. The average molecular weight is 325 g/mol. The van der Waals surface area contributed by atoms with Crippen molar-refractivity contribution in [2.45, 2.75) is 0 Å². The molecule has 0 spiro atoms. The van der Waals surface area contributed by atoms with Gasteiger partial charge in [-0.3, -0.25) is 9.78 Å². The highest BCUT2D eigenvalue weighted by Crippen LogP contribution is 2.22. The Balaban J connectivity index is 2.26. The zero-order chi connectivity index (χ0) is 15.4. The van der Waals surface area contributed by atoms with Crippen molar-refractivity contribution >= 4 is 40.8 Å². The van der Waals surface area contributed by atoms with Crippen molar-refractivity contribution in [1.29, 1.82) is 0 Å². The quantitative estimate of drug-likeness (QED) is 0.878. The number of pyridine rings is 1. The smallest absolute Gasteiger partial charge is 0.339 e. The molecule has 5 nitrogen and oxygen atoms in total. The van der Waals surface area contributed by atoms with E-state index >= 15 is 0 Å². The van der Waals surface area contributed by atoms with Crippen LogP contribution in [0.15, 0.2) is 36.7 Å². The van der Waals surface area contributed by atoms with Crippen molar-refractivity contribution < 1.29 is 14.3 Å². The molecule has 1 amide bonds. The van der Waals surface area contributed by atoms with Crippen molar-refractivity contribution in [2.24, 2.45) is 0 Å². The Morgan fingerprint density at radius 1 is 1.14 bits per heavy atom. The number of nitrogens with one attached hydrogen (secondary N) is 1. The minimum atomic E-state index is -0.587. The SMILES string of the molecule is COC(=O)c1cc(NC(=O)c2cnccc2Cl)ccc1Cl. The number of esters is 1. The van der Waals surface area contributed by atoms with Crippen molar-refractivity contribution in [3.8, 4) is 0 Å². The minimum absolute atomic E-state index is 0.161. The zero-order valence-electron chi connectivity index (χ0n) is 10.9. The fourth-order valence-corrected chi connectivity index (χ4v) is 2.00. The fourth-order valence-electron chi connectivity index (χ4n) is 1.61. The van der Waals surface area contributed by atoms with Crippen LogP contribution in [0.25, 0.3) is 0 Å². The fraction of sp³-hybridized carbons (Fsp3) is 0.0714. The predicted molar refractivity (Wildman–Crippen MR) is 80.0 cm³/mol. The highest BCUT2D eigenvalue weighted by molar-refractivity contribution is 6.34. The van der Waals surface area contributed by atoms with Crippen LogP contribution in [0.4, 0.5) is 5.69 Å². The number of anilines is 1. The average Bonchev–Trinajstić information content (AvgIpc) is 2.48. The number of methoxy groups -OCH3 is 1. The van der Waals surface area contributed by atoms with Gasteiger partial charge in [-0.05, 0) is 24.3 Å². The van der Waals surface area contributed by atoms with Gasteiger partial charge in [-0.15, -0.1) is 0 Å². The van der Waals surface area contributed by atoms with Gasteiger partial charge < -0.3 is 10.1 Å². The summed E-state index contributed by atoms with van der Waals surface area (Å²) in [5.74, 6) is -1.03. The first-order chi connectivity index (χ1) is 10.0. The number of benzene rings is 1. The summed E-state index contributed by atoms with van der Waals surface area (Å²) in [4.78, 5) is 27.5. The number of carbonyl (C=O) groups excluding carboxylic acids is 2. The minimum Gasteiger partial charge on any atom is -0.465 e. The molecule has 0 bridgehead atoms. The summed E-state index contributed by atoms with van der Waals surface area (Å²) in [5, 5.41) is 3.13. The summed E-state index contributed by atoms with van der Waals surface area (Å²) in [6, 6.07) is 6.00. The van der Waals surface area contributed by atoms with Gasteiger partial charge in [0, 0.05) is 18.1 Å². The summed E-state index contributed by atoms with van der Waals surface area (Å²) >= 11 is 11.8. The topological polar surface area (TPSA) is 68.3 Å². The van der Waals surface area contributed by atoms with E-state index in [9.17, 15) is 9.59 Å². The van der Waals surface area contributed by atoms with Gasteiger partial charge >= 0.3 is 5.97 Å². The number of hydrogen-bond acceptors (Lipinski definition) is 4. The third-order valence-corrected chi connectivity index (χ3v) is 3.30. The number of carbonyl (C=O) groups is 2. The number of amides is 1. The predicted octanol–water partition coefficient (Wildman–Crippen LogP) is 3.43. The van der Waals surface area contributed by atoms with E-state index in [2.05, 4.69) is 15.0 Å². The van der Waals surface area contributed by atoms with E-state index in [1.165, 1.54) is 37.7 Å². The summed E-state index contributed by atoms with van der Waals surface area (Å²) in [7, 11) is 1.25. The van der Waals surface area contributed by atoms with Crippen LogP contribution in [0.5, 0.6) is 0 Å². The van der Waals surface area contributed by atoms with Gasteiger partial charge in [-0.25, -0.2) is 4.79 Å². The van der Waals surface area contributed by atoms with Gasteiger partial charge in [-0.1, -0.05) is 23.2 Å². The van der Waals surface area contributed by atoms with Crippen molar-refractivity contribution in [3.63, 3.8) is 0 Å². The van der Waals surface area contributed by atoms with Crippen LogP contribution in [-0.4, -0.2) is 24.0 Å². The Kier molecular flexibility index (Phi) is 4.77. The second kappa shape index (κ2) is 6.56. The van der Waals surface area contributed by atoms with E-state index in [1.807, 2.05) is 0 Å². The highest BCUT2D eigenvalue weighted by atomic mass is 35.5. The first kappa shape index (κ1) is 15.3. The summed E-state index contributed by atoms with van der Waals surface area (Å²) in [5.41, 5.74) is 0.785. The third kappa shape index (κ3) is 3.51. The van der Waals surface area contributed by atoms with Gasteiger partial charge in [-0.2, -0.15) is 0 Å². The van der Waals surface area contributed by atoms with Crippen LogP contribution in [0.3, 0.4) is 0 Å². The molecular weight excluding hydrogens is 315 g/mol. The monoisotopic (exact) mass is 324 g/mol. The molecule has 0 unspecified atom stereocenters. The van der Waals surface area contributed by atoms with E-state index in [0.717, 1.165) is 0 Å². The van der Waals surface area contributed by atoms with E-state index < -0.39 is 11.9 Å². The van der Waals surface area contributed by atoms with Crippen molar-refractivity contribution in [2.75, 3.05) is 12.4 Å². The van der Waals surface area contributed by atoms with E-state index in [1.54, 1.807) is 6.07 Å². The normalized spacial score (nSPS) is 10.0. The van der Waals surface area contributed by atoms with Crippen LogP contribution < -0.4 is 5.32 Å². The van der Waals surface area contributed by atoms with Crippen molar-refractivity contribution in [3.05, 3.63) is 57.8 Å². The molecule has 0 atom stereocenters. The maximum absolute atomic E-state index is 12.1. The number of rotatable bonds is 3. The first-order valence-electron chi connectivity index (χ1n) is 5.81. The molecule has 0 aliphatic carbocycles. The lowest BCUT2D eigenvalue weighted by Crippen LogP contribution is -2.13. The molecule has 0 saturated carbocycles. The Morgan fingerprint density at radius 3 is 2.52 bits per heavy atom. The maximum Gasteiger partial charge on any atom is 0.339 e. The molecule has 0 aliphatic heterocycles. The van der Waals surface area contributed by atoms with E-state index in [0.29, 0.717) is 5.69 Å². The third-order valence-electron chi connectivity index (χ3n) is 2.64. The van der Waals surface area contributed by atoms with Crippen LogP contribution in [0.1, 0.15) is 20.7 Å². The molecule has 1 heterocycles. The molecule has 108 valence electrons. The number of hydrogen-bond donors (Lipinski definition) is 1. The number of nitrogens with zero attached hydrogens (tertiary/aromatic N) is 1. The molecule has 2 aromatic rings. The van der Waals surface area contributed by atoms with E-state index in [-0.39, 0.29) is 21.2 Å². The number of aromatic nitrogens is 1. The summed E-state index contributed by atoms with van der Waals surface area (Å²) in [6.45, 7) is 0. The Morgan fingerprint density at radius 2 is 1.86 bits per heavy atom. The summed E-state index contributed by atoms with van der Waals surface area (Å²) < 4.78 is 4.61. The van der Waals surface area contributed by atoms with Crippen LogP contribution >= 0.6 is 23.2 Å². The molecule has 21 heavy (non-hydrogen) atoms. The molecule has 1 aromatic heterocycles. The van der Waals surface area contributed by atoms with Crippen LogP contribution in [0, 0.1) is 0 Å². The molecule has 2 rings (SSSR count). The number of halogens is 2. The number of ether oxygens (including phenoxy) is 1. The lowest BCUT2D eigenvalue weighted by molar-refractivity contribution is 0.0600. The van der Waals surface area contributed by atoms with Gasteiger partial charge in [0.15, 0.2) is 0 Å². The van der Waals surface area contributed by atoms with Gasteiger partial charge in [0.25, 0.3) is 5.91 Å². The Labute approximate surface area is 130 Å². The molecule has 1 N–H and O–H groups in total. The van der Waals surface area contributed by atoms with Crippen LogP contribution in [-0.2, 0) is 4.74 Å². The van der Waals surface area contributed by atoms with Gasteiger partial charge in [0.2, 0.25) is 0 Å². The zero-order valence-corrected chi connectivity index (χ0v) is 12.4. The van der Waals surface area contributed by atoms with E-state index in [4.69, 9.17) is 23.2 Å². The lowest BCUT2D eigenvalue weighted by Gasteiger charge is -2.08. The standard InChI is InChI=1S/C14H10Cl2N2O3/c1-21-14(20)9-6-8(2-3-11(9)15)18-13(19)10-7-17-5-4-12(10)16/h2-7H,1H3,(H,18,19). The largest absolute Gasteiger partial charge is 0.465 e. The van der Waals surface area contributed by atoms with Gasteiger partial charge in [0.05, 0.1) is 28.3 Å². The molecule has 0 aliphatic rings. The molecule has 0 radical (unpaired) electrons. The highest BCUT2D eigenvalue weighted by Gasteiger charge is 2.14.